The van der Waals surface area contributed by atoms with E-state index < -0.39 is 5.91 Å². The molecule has 1 aromatic heterocycles. The van der Waals surface area contributed by atoms with Crippen molar-refractivity contribution in [2.75, 3.05) is 54.4 Å². The molecule has 2 aromatic carbocycles. The van der Waals surface area contributed by atoms with Gasteiger partial charge in [-0.1, -0.05) is 18.2 Å². The molecule has 2 aliphatic rings. The summed E-state index contributed by atoms with van der Waals surface area (Å²) in [5, 5.41) is 5.77. The topological polar surface area (TPSA) is 115 Å². The standard InChI is InChI=1S/C30H33N5O5/c1-21-6-2-3-7-24(21)33-15-17-34(18-16-33)25-10-9-22(20-23(25)32-30(39)26-8-4-19-40-26)29(38)31-13-5-14-35-27(36)11-12-28(35)37/h2-4,6-10,19-20H,5,11-18H2,1H3,(H,31,38)(H,32,39). The lowest BCUT2D eigenvalue weighted by molar-refractivity contribution is -0.138. The summed E-state index contributed by atoms with van der Waals surface area (Å²) in [7, 11) is 0. The Morgan fingerprint density at radius 2 is 1.55 bits per heavy atom. The molecule has 208 valence electrons. The summed E-state index contributed by atoms with van der Waals surface area (Å²) in [5.74, 6) is -0.853. The zero-order chi connectivity index (χ0) is 28.1. The van der Waals surface area contributed by atoms with Crippen LogP contribution in [0.15, 0.2) is 65.3 Å². The van der Waals surface area contributed by atoms with Gasteiger partial charge in [0.1, 0.15) is 0 Å². The number of rotatable bonds is 9. The van der Waals surface area contributed by atoms with Gasteiger partial charge in [-0.05, 0) is 55.3 Å². The zero-order valence-electron chi connectivity index (χ0n) is 22.5. The van der Waals surface area contributed by atoms with Crippen molar-refractivity contribution in [3.63, 3.8) is 0 Å². The average molecular weight is 544 g/mol. The van der Waals surface area contributed by atoms with E-state index in [1.165, 1.54) is 22.4 Å². The van der Waals surface area contributed by atoms with Crippen LogP contribution in [0.25, 0.3) is 0 Å². The van der Waals surface area contributed by atoms with Gasteiger partial charge >= 0.3 is 0 Å². The van der Waals surface area contributed by atoms with E-state index in [0.29, 0.717) is 24.2 Å². The summed E-state index contributed by atoms with van der Waals surface area (Å²) < 4.78 is 5.26. The number of carbonyl (C=O) groups is 4. The average Bonchev–Trinajstić information content (AvgIpc) is 3.62. The molecule has 0 bridgehead atoms. The second-order valence-corrected chi connectivity index (χ2v) is 9.97. The molecule has 0 spiro atoms. The molecule has 3 heterocycles. The van der Waals surface area contributed by atoms with Crippen LogP contribution in [0.1, 0.15) is 45.7 Å². The Balaban J connectivity index is 1.27. The predicted octanol–water partition coefficient (Wildman–Crippen LogP) is 3.44. The number of nitrogens with zero attached hydrogens (tertiary/aromatic N) is 3. The Labute approximate surface area is 232 Å². The number of hydrogen-bond acceptors (Lipinski definition) is 7. The van der Waals surface area contributed by atoms with Gasteiger partial charge in [0, 0.05) is 63.4 Å². The van der Waals surface area contributed by atoms with Crippen LogP contribution in [0.3, 0.4) is 0 Å². The fraction of sp³-hybridized carbons (Fsp3) is 0.333. The van der Waals surface area contributed by atoms with Gasteiger partial charge in [0.15, 0.2) is 5.76 Å². The Morgan fingerprint density at radius 3 is 2.23 bits per heavy atom. The van der Waals surface area contributed by atoms with Gasteiger partial charge in [-0.2, -0.15) is 0 Å². The number of hydrogen-bond donors (Lipinski definition) is 2. The van der Waals surface area contributed by atoms with Crippen molar-refractivity contribution in [2.45, 2.75) is 26.2 Å². The van der Waals surface area contributed by atoms with Gasteiger partial charge in [0.2, 0.25) is 11.8 Å². The smallest absolute Gasteiger partial charge is 0.291 e. The van der Waals surface area contributed by atoms with Crippen molar-refractivity contribution in [1.29, 1.82) is 0 Å². The summed E-state index contributed by atoms with van der Waals surface area (Å²) in [6.45, 7) is 5.85. The molecule has 0 radical (unpaired) electrons. The predicted molar refractivity (Wildman–Crippen MR) is 152 cm³/mol. The highest BCUT2D eigenvalue weighted by atomic mass is 16.3. The quantitative estimate of drug-likeness (QED) is 0.314. The number of likely N-dealkylation sites (tertiary alicyclic amines) is 1. The summed E-state index contributed by atoms with van der Waals surface area (Å²) in [5.41, 5.74) is 4.19. The van der Waals surface area contributed by atoms with Crippen LogP contribution in [0.5, 0.6) is 0 Å². The number of furan rings is 1. The van der Waals surface area contributed by atoms with E-state index >= 15 is 0 Å². The van der Waals surface area contributed by atoms with Crippen molar-refractivity contribution in [1.82, 2.24) is 10.2 Å². The monoisotopic (exact) mass is 543 g/mol. The number of piperazine rings is 1. The van der Waals surface area contributed by atoms with E-state index in [-0.39, 0.29) is 42.9 Å². The van der Waals surface area contributed by atoms with Gasteiger partial charge in [0.05, 0.1) is 17.6 Å². The normalized spacial score (nSPS) is 15.5. The minimum Gasteiger partial charge on any atom is -0.459 e. The SMILES string of the molecule is Cc1ccccc1N1CCN(c2ccc(C(=O)NCCCN3C(=O)CCC3=O)cc2NC(=O)c2ccco2)CC1. The number of anilines is 3. The molecule has 5 rings (SSSR count). The second kappa shape index (κ2) is 12.1. The van der Waals surface area contributed by atoms with Crippen LogP contribution in [-0.2, 0) is 9.59 Å². The maximum absolute atomic E-state index is 12.9. The first-order chi connectivity index (χ1) is 19.4. The minimum absolute atomic E-state index is 0.163. The summed E-state index contributed by atoms with van der Waals surface area (Å²) in [4.78, 5) is 55.2. The van der Waals surface area contributed by atoms with Crippen LogP contribution in [0, 0.1) is 6.92 Å². The lowest BCUT2D eigenvalue weighted by Gasteiger charge is -2.38. The molecule has 4 amide bonds. The highest BCUT2D eigenvalue weighted by Crippen LogP contribution is 2.30. The number of aryl methyl sites for hydroxylation is 1. The highest BCUT2D eigenvalue weighted by molar-refractivity contribution is 6.06. The maximum atomic E-state index is 12.9. The fourth-order valence-corrected chi connectivity index (χ4v) is 5.16. The molecule has 0 saturated carbocycles. The van der Waals surface area contributed by atoms with Crippen molar-refractivity contribution < 1.29 is 23.6 Å². The van der Waals surface area contributed by atoms with E-state index in [0.717, 1.165) is 31.9 Å². The van der Waals surface area contributed by atoms with Crippen molar-refractivity contribution in [3.05, 3.63) is 77.7 Å². The van der Waals surface area contributed by atoms with Gasteiger partial charge in [-0.15, -0.1) is 0 Å². The molecular formula is C30H33N5O5. The van der Waals surface area contributed by atoms with Gasteiger partial charge < -0.3 is 24.9 Å². The van der Waals surface area contributed by atoms with E-state index in [4.69, 9.17) is 4.42 Å². The molecule has 2 saturated heterocycles. The number of nitrogens with one attached hydrogen (secondary N) is 2. The number of imide groups is 1. The summed E-state index contributed by atoms with van der Waals surface area (Å²) in [6, 6.07) is 16.8. The van der Waals surface area contributed by atoms with Crippen molar-refractivity contribution >= 4 is 40.7 Å². The third-order valence-corrected chi connectivity index (χ3v) is 7.33. The van der Waals surface area contributed by atoms with Crippen LogP contribution in [-0.4, -0.2) is 67.8 Å². The largest absolute Gasteiger partial charge is 0.459 e. The first-order valence-electron chi connectivity index (χ1n) is 13.6. The van der Waals surface area contributed by atoms with E-state index in [1.807, 2.05) is 18.2 Å². The number of para-hydroxylation sites is 1. The van der Waals surface area contributed by atoms with Crippen LogP contribution < -0.4 is 20.4 Å². The van der Waals surface area contributed by atoms with Gasteiger partial charge in [-0.3, -0.25) is 24.1 Å². The molecule has 3 aromatic rings. The molecule has 2 fully saturated rings. The Bertz CT molecular complexity index is 1380. The second-order valence-electron chi connectivity index (χ2n) is 9.97. The first kappa shape index (κ1) is 27.0. The molecule has 0 unspecified atom stereocenters. The van der Waals surface area contributed by atoms with E-state index in [2.05, 4.69) is 39.5 Å². The molecule has 10 heteroatoms. The van der Waals surface area contributed by atoms with E-state index in [9.17, 15) is 19.2 Å². The number of amides is 4. The molecule has 10 nitrogen and oxygen atoms in total. The van der Waals surface area contributed by atoms with Crippen LogP contribution in [0.4, 0.5) is 17.1 Å². The number of carbonyl (C=O) groups excluding carboxylic acids is 4. The lowest BCUT2D eigenvalue weighted by atomic mass is 10.1. The van der Waals surface area contributed by atoms with Crippen LogP contribution in [0.2, 0.25) is 0 Å². The summed E-state index contributed by atoms with van der Waals surface area (Å²) >= 11 is 0. The molecule has 0 aliphatic carbocycles. The van der Waals surface area contributed by atoms with Gasteiger partial charge in [-0.25, -0.2) is 0 Å². The molecular weight excluding hydrogens is 510 g/mol. The molecule has 2 aliphatic heterocycles. The molecule has 40 heavy (non-hydrogen) atoms. The maximum Gasteiger partial charge on any atom is 0.291 e. The van der Waals surface area contributed by atoms with Crippen molar-refractivity contribution in [3.8, 4) is 0 Å². The summed E-state index contributed by atoms with van der Waals surface area (Å²) in [6.07, 6.45) is 2.41. The Hall–Kier alpha value is -4.60. The number of benzene rings is 2. The molecule has 0 atom stereocenters. The Kier molecular flexibility index (Phi) is 8.14. The van der Waals surface area contributed by atoms with Gasteiger partial charge in [0.25, 0.3) is 11.8 Å². The highest BCUT2D eigenvalue weighted by Gasteiger charge is 2.28. The molecule has 2 N–H and O–H groups in total. The van der Waals surface area contributed by atoms with Crippen LogP contribution >= 0.6 is 0 Å². The minimum atomic E-state index is -0.401. The lowest BCUT2D eigenvalue weighted by Crippen LogP contribution is -2.47. The Morgan fingerprint density at radius 1 is 0.850 bits per heavy atom. The van der Waals surface area contributed by atoms with E-state index in [1.54, 1.807) is 24.3 Å². The fourth-order valence-electron chi connectivity index (χ4n) is 5.16. The third kappa shape index (κ3) is 6.01. The first-order valence-corrected chi connectivity index (χ1v) is 13.6. The third-order valence-electron chi connectivity index (χ3n) is 7.33. The van der Waals surface area contributed by atoms with Crippen molar-refractivity contribution in [2.24, 2.45) is 0 Å². The zero-order valence-corrected chi connectivity index (χ0v) is 22.5.